The third kappa shape index (κ3) is 3.13. The standard InChI is InChI=1S/C13H17FN4/c1-3-15-10(2)13-9-18(17-16-13)8-11-4-6-12(14)7-5-11/h4-7,9-10,15H,3,8H2,1-2H3. The molecule has 1 aromatic carbocycles. The lowest BCUT2D eigenvalue weighted by Crippen LogP contribution is -2.17. The van der Waals surface area contributed by atoms with Crippen molar-refractivity contribution in [2.75, 3.05) is 6.54 Å². The van der Waals surface area contributed by atoms with Crippen molar-refractivity contribution in [1.82, 2.24) is 20.3 Å². The van der Waals surface area contributed by atoms with Crippen molar-refractivity contribution >= 4 is 0 Å². The maximum absolute atomic E-state index is 12.8. The molecule has 0 bridgehead atoms. The van der Waals surface area contributed by atoms with Gasteiger partial charge in [0.1, 0.15) is 5.82 Å². The molecule has 0 fully saturated rings. The van der Waals surface area contributed by atoms with Crippen LogP contribution in [0.5, 0.6) is 0 Å². The number of nitrogens with one attached hydrogen (secondary N) is 1. The highest BCUT2D eigenvalue weighted by Gasteiger charge is 2.08. The molecule has 1 heterocycles. The van der Waals surface area contributed by atoms with E-state index in [2.05, 4.69) is 29.5 Å². The van der Waals surface area contributed by atoms with E-state index in [9.17, 15) is 4.39 Å². The molecular weight excluding hydrogens is 231 g/mol. The summed E-state index contributed by atoms with van der Waals surface area (Å²) < 4.78 is 14.5. The zero-order chi connectivity index (χ0) is 13.0. The third-order valence-electron chi connectivity index (χ3n) is 2.77. The highest BCUT2D eigenvalue weighted by atomic mass is 19.1. The zero-order valence-electron chi connectivity index (χ0n) is 10.6. The molecule has 0 aliphatic rings. The van der Waals surface area contributed by atoms with E-state index in [0.717, 1.165) is 17.8 Å². The van der Waals surface area contributed by atoms with Crippen molar-refractivity contribution in [2.45, 2.75) is 26.4 Å². The van der Waals surface area contributed by atoms with Crippen molar-refractivity contribution < 1.29 is 4.39 Å². The van der Waals surface area contributed by atoms with Gasteiger partial charge in [-0.15, -0.1) is 5.10 Å². The fraction of sp³-hybridized carbons (Fsp3) is 0.385. The van der Waals surface area contributed by atoms with E-state index in [4.69, 9.17) is 0 Å². The first-order valence-corrected chi connectivity index (χ1v) is 6.07. The highest BCUT2D eigenvalue weighted by molar-refractivity contribution is 5.16. The summed E-state index contributed by atoms with van der Waals surface area (Å²) in [6.07, 6.45) is 1.91. The molecule has 2 rings (SSSR count). The van der Waals surface area contributed by atoms with E-state index >= 15 is 0 Å². The first-order chi connectivity index (χ1) is 8.69. The van der Waals surface area contributed by atoms with Crippen LogP contribution < -0.4 is 5.32 Å². The largest absolute Gasteiger partial charge is 0.309 e. The average Bonchev–Trinajstić information content (AvgIpc) is 2.81. The van der Waals surface area contributed by atoms with E-state index in [0.29, 0.717) is 6.54 Å². The predicted molar refractivity (Wildman–Crippen MR) is 67.6 cm³/mol. The van der Waals surface area contributed by atoms with Gasteiger partial charge < -0.3 is 5.32 Å². The third-order valence-corrected chi connectivity index (χ3v) is 2.77. The highest BCUT2D eigenvalue weighted by Crippen LogP contribution is 2.09. The number of nitrogens with zero attached hydrogens (tertiary/aromatic N) is 3. The number of benzene rings is 1. The van der Waals surface area contributed by atoms with E-state index in [1.807, 2.05) is 6.20 Å². The normalized spacial score (nSPS) is 12.6. The maximum atomic E-state index is 12.8. The van der Waals surface area contributed by atoms with Gasteiger partial charge in [0.15, 0.2) is 0 Å². The van der Waals surface area contributed by atoms with E-state index in [-0.39, 0.29) is 11.9 Å². The molecule has 18 heavy (non-hydrogen) atoms. The van der Waals surface area contributed by atoms with Gasteiger partial charge in [-0.2, -0.15) is 0 Å². The van der Waals surface area contributed by atoms with Gasteiger partial charge in [0.2, 0.25) is 0 Å². The van der Waals surface area contributed by atoms with Crippen LogP contribution >= 0.6 is 0 Å². The van der Waals surface area contributed by atoms with Gasteiger partial charge in [-0.05, 0) is 31.2 Å². The van der Waals surface area contributed by atoms with Crippen molar-refractivity contribution in [3.05, 3.63) is 47.5 Å². The average molecular weight is 248 g/mol. The van der Waals surface area contributed by atoms with Gasteiger partial charge in [-0.1, -0.05) is 24.3 Å². The van der Waals surface area contributed by atoms with Crippen LogP contribution in [0.1, 0.15) is 31.1 Å². The summed E-state index contributed by atoms with van der Waals surface area (Å²) in [6.45, 7) is 5.60. The predicted octanol–water partition coefficient (Wildman–Crippen LogP) is 2.14. The van der Waals surface area contributed by atoms with Crippen LogP contribution in [0.2, 0.25) is 0 Å². The lowest BCUT2D eigenvalue weighted by atomic mass is 10.2. The van der Waals surface area contributed by atoms with Gasteiger partial charge >= 0.3 is 0 Å². The topological polar surface area (TPSA) is 42.7 Å². The minimum Gasteiger partial charge on any atom is -0.309 e. The molecule has 0 radical (unpaired) electrons. The van der Waals surface area contributed by atoms with Gasteiger partial charge in [0, 0.05) is 0 Å². The molecule has 96 valence electrons. The SMILES string of the molecule is CCNC(C)c1cn(Cc2ccc(F)cc2)nn1. The Hall–Kier alpha value is -1.75. The molecule has 1 unspecified atom stereocenters. The van der Waals surface area contributed by atoms with E-state index in [1.165, 1.54) is 12.1 Å². The van der Waals surface area contributed by atoms with Gasteiger partial charge in [0.05, 0.1) is 24.5 Å². The zero-order valence-corrected chi connectivity index (χ0v) is 10.6. The first kappa shape index (κ1) is 12.7. The minimum absolute atomic E-state index is 0.192. The number of halogens is 1. The van der Waals surface area contributed by atoms with E-state index in [1.54, 1.807) is 16.8 Å². The van der Waals surface area contributed by atoms with Crippen molar-refractivity contribution in [2.24, 2.45) is 0 Å². The molecule has 1 N–H and O–H groups in total. The van der Waals surface area contributed by atoms with Crippen LogP contribution in [-0.4, -0.2) is 21.5 Å². The summed E-state index contributed by atoms with van der Waals surface area (Å²) in [4.78, 5) is 0. The summed E-state index contributed by atoms with van der Waals surface area (Å²) in [5.41, 5.74) is 1.92. The van der Waals surface area contributed by atoms with Crippen molar-refractivity contribution in [3.8, 4) is 0 Å². The molecule has 0 amide bonds. The second-order valence-corrected chi connectivity index (χ2v) is 4.25. The van der Waals surface area contributed by atoms with Gasteiger partial charge in [-0.25, -0.2) is 9.07 Å². The Labute approximate surface area is 106 Å². The van der Waals surface area contributed by atoms with Crippen LogP contribution in [0, 0.1) is 5.82 Å². The van der Waals surface area contributed by atoms with Crippen molar-refractivity contribution in [1.29, 1.82) is 0 Å². The second-order valence-electron chi connectivity index (χ2n) is 4.25. The summed E-state index contributed by atoms with van der Waals surface area (Å²) in [7, 11) is 0. The summed E-state index contributed by atoms with van der Waals surface area (Å²) in [5.74, 6) is -0.223. The summed E-state index contributed by atoms with van der Waals surface area (Å²) in [5, 5.41) is 11.5. The Bertz CT molecular complexity index is 492. The molecule has 1 aromatic heterocycles. The molecule has 4 nitrogen and oxygen atoms in total. The Morgan fingerprint density at radius 2 is 2.06 bits per heavy atom. The number of aromatic nitrogens is 3. The van der Waals surface area contributed by atoms with Crippen LogP contribution in [-0.2, 0) is 6.54 Å². The molecule has 0 saturated heterocycles. The Kier molecular flexibility index (Phi) is 4.04. The molecule has 1 atom stereocenters. The lowest BCUT2D eigenvalue weighted by Gasteiger charge is -2.07. The number of rotatable bonds is 5. The molecule has 2 aromatic rings. The Balaban J connectivity index is 2.04. The molecular formula is C13H17FN4. The summed E-state index contributed by atoms with van der Waals surface area (Å²) >= 11 is 0. The monoisotopic (exact) mass is 248 g/mol. The van der Waals surface area contributed by atoms with Crippen molar-refractivity contribution in [3.63, 3.8) is 0 Å². The van der Waals surface area contributed by atoms with Crippen LogP contribution in [0.4, 0.5) is 4.39 Å². The summed E-state index contributed by atoms with van der Waals surface area (Å²) in [6, 6.07) is 6.61. The molecule has 0 saturated carbocycles. The van der Waals surface area contributed by atoms with Crippen LogP contribution in [0.3, 0.4) is 0 Å². The number of hydrogen-bond donors (Lipinski definition) is 1. The van der Waals surface area contributed by atoms with Gasteiger partial charge in [0.25, 0.3) is 0 Å². The van der Waals surface area contributed by atoms with Gasteiger partial charge in [-0.3, -0.25) is 0 Å². The van der Waals surface area contributed by atoms with E-state index < -0.39 is 0 Å². The smallest absolute Gasteiger partial charge is 0.123 e. The first-order valence-electron chi connectivity index (χ1n) is 6.07. The molecule has 0 spiro atoms. The molecule has 0 aliphatic heterocycles. The minimum atomic E-state index is -0.223. The van der Waals surface area contributed by atoms with Crippen LogP contribution in [0.25, 0.3) is 0 Å². The quantitative estimate of drug-likeness (QED) is 0.881. The second kappa shape index (κ2) is 5.73. The molecule has 0 aliphatic carbocycles. The fourth-order valence-corrected chi connectivity index (χ4v) is 1.78. The number of hydrogen-bond acceptors (Lipinski definition) is 3. The Morgan fingerprint density at radius 3 is 2.72 bits per heavy atom. The fourth-order valence-electron chi connectivity index (χ4n) is 1.78. The maximum Gasteiger partial charge on any atom is 0.123 e. The molecule has 5 heteroatoms. The Morgan fingerprint density at radius 1 is 1.33 bits per heavy atom. The van der Waals surface area contributed by atoms with Crippen LogP contribution in [0.15, 0.2) is 30.5 Å². The lowest BCUT2D eigenvalue weighted by molar-refractivity contribution is 0.581.